The lowest BCUT2D eigenvalue weighted by Crippen LogP contribution is -2.22. The average Bonchev–Trinajstić information content (AvgIpc) is 2.85. The van der Waals surface area contributed by atoms with E-state index in [1.165, 1.54) is 5.56 Å². The normalized spacial score (nSPS) is 13.4. The molecule has 0 aliphatic rings. The first kappa shape index (κ1) is 15.2. The highest BCUT2D eigenvalue weighted by Crippen LogP contribution is 2.17. The van der Waals surface area contributed by atoms with Crippen molar-refractivity contribution in [3.63, 3.8) is 0 Å². The summed E-state index contributed by atoms with van der Waals surface area (Å²) in [6.07, 6.45) is 2.00. The third-order valence-corrected chi connectivity index (χ3v) is 3.72. The van der Waals surface area contributed by atoms with Crippen LogP contribution in [0.3, 0.4) is 0 Å². The summed E-state index contributed by atoms with van der Waals surface area (Å²) in [5.74, 6) is 0. The zero-order valence-corrected chi connectivity index (χ0v) is 14.0. The van der Waals surface area contributed by atoms with Gasteiger partial charge in [0.25, 0.3) is 0 Å². The Labute approximate surface area is 128 Å². The molecule has 0 amide bonds. The number of hydrogen-bond acceptors (Lipinski definition) is 3. The molecule has 4 nitrogen and oxygen atoms in total. The minimum atomic E-state index is -0.0252. The Morgan fingerprint density at radius 2 is 1.90 bits per heavy atom. The van der Waals surface area contributed by atoms with Crippen molar-refractivity contribution in [2.45, 2.75) is 45.8 Å². The summed E-state index contributed by atoms with van der Waals surface area (Å²) in [4.78, 5) is 0. The highest BCUT2D eigenvalue weighted by Gasteiger charge is 2.15. The van der Waals surface area contributed by atoms with Gasteiger partial charge in [-0.15, -0.1) is 5.10 Å². The molecule has 2 rings (SSSR count). The quantitative estimate of drug-likeness (QED) is 0.926. The van der Waals surface area contributed by atoms with Gasteiger partial charge in [0, 0.05) is 17.1 Å². The monoisotopic (exact) mass is 336 g/mol. The van der Waals surface area contributed by atoms with Crippen molar-refractivity contribution in [1.82, 2.24) is 20.3 Å². The molecular formula is C15H21BrN4. The maximum atomic E-state index is 4.21. The standard InChI is InChI=1S/C15H21BrN4/c1-11(12-5-7-13(16)8-6-12)17-9-14-10-20(19-18-14)15(2,3)4/h5-8,10-11,17H,9H2,1-4H3. The summed E-state index contributed by atoms with van der Waals surface area (Å²) in [7, 11) is 0. The van der Waals surface area contributed by atoms with Crippen LogP contribution >= 0.6 is 15.9 Å². The number of nitrogens with one attached hydrogen (secondary N) is 1. The van der Waals surface area contributed by atoms with Crippen LogP contribution in [-0.4, -0.2) is 15.0 Å². The van der Waals surface area contributed by atoms with Gasteiger partial charge in [0.15, 0.2) is 0 Å². The van der Waals surface area contributed by atoms with Crippen LogP contribution in [0.25, 0.3) is 0 Å². The van der Waals surface area contributed by atoms with E-state index in [2.05, 4.69) is 83.5 Å². The van der Waals surface area contributed by atoms with E-state index in [0.29, 0.717) is 6.54 Å². The summed E-state index contributed by atoms with van der Waals surface area (Å²) in [6.45, 7) is 9.21. The third kappa shape index (κ3) is 3.90. The van der Waals surface area contributed by atoms with Gasteiger partial charge in [0.05, 0.1) is 17.4 Å². The van der Waals surface area contributed by atoms with Crippen LogP contribution in [0.1, 0.15) is 45.0 Å². The summed E-state index contributed by atoms with van der Waals surface area (Å²) in [6, 6.07) is 8.64. The van der Waals surface area contributed by atoms with E-state index in [9.17, 15) is 0 Å². The Morgan fingerprint density at radius 3 is 2.45 bits per heavy atom. The fraction of sp³-hybridized carbons (Fsp3) is 0.467. The minimum Gasteiger partial charge on any atom is -0.304 e. The predicted octanol–water partition coefficient (Wildman–Crippen LogP) is 3.65. The van der Waals surface area contributed by atoms with Gasteiger partial charge in [-0.3, -0.25) is 0 Å². The Balaban J connectivity index is 1.95. The number of halogens is 1. The minimum absolute atomic E-state index is 0.0252. The maximum absolute atomic E-state index is 4.21. The Bertz CT molecular complexity index is 554. The summed E-state index contributed by atoms with van der Waals surface area (Å²) in [5, 5.41) is 11.8. The molecule has 5 heteroatoms. The Morgan fingerprint density at radius 1 is 1.25 bits per heavy atom. The molecule has 0 spiro atoms. The first-order valence-electron chi connectivity index (χ1n) is 6.77. The lowest BCUT2D eigenvalue weighted by molar-refractivity contribution is 0.347. The first-order valence-corrected chi connectivity index (χ1v) is 7.56. The largest absolute Gasteiger partial charge is 0.304 e. The highest BCUT2D eigenvalue weighted by atomic mass is 79.9. The molecule has 0 bridgehead atoms. The summed E-state index contributed by atoms with van der Waals surface area (Å²) >= 11 is 3.45. The fourth-order valence-corrected chi connectivity index (χ4v) is 2.10. The lowest BCUT2D eigenvalue weighted by Gasteiger charge is -2.17. The first-order chi connectivity index (χ1) is 9.36. The van der Waals surface area contributed by atoms with Crippen LogP contribution in [0.5, 0.6) is 0 Å². The van der Waals surface area contributed by atoms with Gasteiger partial charge in [-0.2, -0.15) is 0 Å². The number of nitrogens with zero attached hydrogens (tertiary/aromatic N) is 3. The number of hydrogen-bond donors (Lipinski definition) is 1. The summed E-state index contributed by atoms with van der Waals surface area (Å²) in [5.41, 5.74) is 2.20. The predicted molar refractivity (Wildman–Crippen MR) is 84.4 cm³/mol. The van der Waals surface area contributed by atoms with Crippen molar-refractivity contribution in [3.05, 3.63) is 46.2 Å². The second-order valence-corrected chi connectivity index (χ2v) is 6.90. The molecule has 1 aromatic heterocycles. The number of rotatable bonds is 4. The van der Waals surface area contributed by atoms with E-state index >= 15 is 0 Å². The van der Waals surface area contributed by atoms with Gasteiger partial charge < -0.3 is 5.32 Å². The van der Waals surface area contributed by atoms with E-state index in [1.807, 2.05) is 10.9 Å². The summed E-state index contributed by atoms with van der Waals surface area (Å²) < 4.78 is 3.00. The van der Waals surface area contributed by atoms with Crippen molar-refractivity contribution in [3.8, 4) is 0 Å². The SMILES string of the molecule is CC(NCc1cn(C(C)(C)C)nn1)c1ccc(Br)cc1. The molecule has 0 aliphatic heterocycles. The maximum Gasteiger partial charge on any atom is 0.0965 e. The van der Waals surface area contributed by atoms with Gasteiger partial charge >= 0.3 is 0 Å². The Kier molecular flexibility index (Phi) is 4.60. The van der Waals surface area contributed by atoms with Crippen molar-refractivity contribution in [2.24, 2.45) is 0 Å². The third-order valence-electron chi connectivity index (χ3n) is 3.19. The second-order valence-electron chi connectivity index (χ2n) is 5.98. The topological polar surface area (TPSA) is 42.7 Å². The molecule has 1 heterocycles. The molecule has 20 heavy (non-hydrogen) atoms. The Hall–Kier alpha value is -1.20. The van der Waals surface area contributed by atoms with Gasteiger partial charge in [0.2, 0.25) is 0 Å². The van der Waals surface area contributed by atoms with Gasteiger partial charge in [-0.25, -0.2) is 4.68 Å². The fourth-order valence-electron chi connectivity index (χ4n) is 1.83. The second kappa shape index (κ2) is 6.06. The van der Waals surface area contributed by atoms with Crippen molar-refractivity contribution < 1.29 is 0 Å². The van der Waals surface area contributed by atoms with Crippen LogP contribution < -0.4 is 5.32 Å². The molecule has 0 radical (unpaired) electrons. The molecule has 1 aromatic carbocycles. The van der Waals surface area contributed by atoms with E-state index in [0.717, 1.165) is 10.2 Å². The molecule has 0 aliphatic carbocycles. The molecular weight excluding hydrogens is 316 g/mol. The smallest absolute Gasteiger partial charge is 0.0965 e. The van der Waals surface area contributed by atoms with Crippen LogP contribution in [0.2, 0.25) is 0 Å². The van der Waals surface area contributed by atoms with E-state index < -0.39 is 0 Å². The zero-order valence-electron chi connectivity index (χ0n) is 12.4. The zero-order chi connectivity index (χ0) is 14.8. The van der Waals surface area contributed by atoms with Crippen LogP contribution in [-0.2, 0) is 12.1 Å². The molecule has 0 saturated heterocycles. The van der Waals surface area contributed by atoms with Crippen molar-refractivity contribution in [2.75, 3.05) is 0 Å². The highest BCUT2D eigenvalue weighted by molar-refractivity contribution is 9.10. The number of benzene rings is 1. The van der Waals surface area contributed by atoms with E-state index in [-0.39, 0.29) is 11.6 Å². The van der Waals surface area contributed by atoms with Crippen molar-refractivity contribution in [1.29, 1.82) is 0 Å². The van der Waals surface area contributed by atoms with Crippen LogP contribution in [0.4, 0.5) is 0 Å². The van der Waals surface area contributed by atoms with Crippen LogP contribution in [0.15, 0.2) is 34.9 Å². The molecule has 0 saturated carbocycles. The van der Waals surface area contributed by atoms with Crippen LogP contribution in [0, 0.1) is 0 Å². The van der Waals surface area contributed by atoms with Gasteiger partial charge in [-0.05, 0) is 45.4 Å². The molecule has 0 fully saturated rings. The van der Waals surface area contributed by atoms with Crippen molar-refractivity contribution >= 4 is 15.9 Å². The van der Waals surface area contributed by atoms with E-state index in [1.54, 1.807) is 0 Å². The lowest BCUT2D eigenvalue weighted by atomic mass is 10.1. The number of aromatic nitrogens is 3. The van der Waals surface area contributed by atoms with Gasteiger partial charge in [0.1, 0.15) is 0 Å². The molecule has 1 atom stereocenters. The molecule has 2 aromatic rings. The average molecular weight is 337 g/mol. The molecule has 1 unspecified atom stereocenters. The molecule has 108 valence electrons. The molecule has 1 N–H and O–H groups in total. The van der Waals surface area contributed by atoms with Gasteiger partial charge in [-0.1, -0.05) is 33.3 Å². The van der Waals surface area contributed by atoms with E-state index in [4.69, 9.17) is 0 Å².